The van der Waals surface area contributed by atoms with Gasteiger partial charge in [0.25, 0.3) is 0 Å². The second kappa shape index (κ2) is 6.71. The van der Waals surface area contributed by atoms with Gasteiger partial charge in [0.1, 0.15) is 0 Å². The second-order valence-corrected chi connectivity index (χ2v) is 5.72. The molecule has 0 amide bonds. The van der Waals surface area contributed by atoms with Gasteiger partial charge in [-0.2, -0.15) is 5.11 Å². The highest BCUT2D eigenvalue weighted by atomic mass is 16.5. The summed E-state index contributed by atoms with van der Waals surface area (Å²) in [6, 6.07) is 15.9. The fraction of sp³-hybridized carbons (Fsp3) is 0.200. The summed E-state index contributed by atoms with van der Waals surface area (Å²) in [5, 5.41) is 10.8. The van der Waals surface area contributed by atoms with Gasteiger partial charge in [0.15, 0.2) is 11.5 Å². The Bertz CT molecular complexity index is 897. The van der Waals surface area contributed by atoms with E-state index in [1.807, 2.05) is 42.5 Å². The summed E-state index contributed by atoms with van der Waals surface area (Å²) < 4.78 is 11.0. The van der Waals surface area contributed by atoms with Crippen molar-refractivity contribution in [2.45, 2.75) is 13.8 Å². The first-order chi connectivity index (χ1) is 11.6. The third-order valence-corrected chi connectivity index (χ3v) is 3.84. The van der Waals surface area contributed by atoms with E-state index < -0.39 is 0 Å². The molecule has 3 aromatic rings. The Morgan fingerprint density at radius 1 is 0.750 bits per heavy atom. The highest BCUT2D eigenvalue weighted by Crippen LogP contribution is 2.41. The summed E-state index contributed by atoms with van der Waals surface area (Å²) >= 11 is 0. The van der Waals surface area contributed by atoms with Gasteiger partial charge >= 0.3 is 0 Å². The van der Waals surface area contributed by atoms with Crippen LogP contribution in [0.1, 0.15) is 11.1 Å². The van der Waals surface area contributed by atoms with Crippen LogP contribution in [0.4, 0.5) is 11.4 Å². The number of hydrogen-bond donors (Lipinski definition) is 0. The average molecular weight is 320 g/mol. The Kier molecular flexibility index (Phi) is 4.47. The Hall–Kier alpha value is -2.88. The van der Waals surface area contributed by atoms with Crippen LogP contribution < -0.4 is 9.47 Å². The largest absolute Gasteiger partial charge is 0.493 e. The standard InChI is InChI=1S/C20H20N2O2/c1-13-9-14(2)11-15(10-13)21-22-18-12-19(23-3)20(24-4)17-8-6-5-7-16(17)18/h5-12H,1-4H3. The lowest BCUT2D eigenvalue weighted by Crippen LogP contribution is -1.91. The minimum Gasteiger partial charge on any atom is -0.493 e. The maximum absolute atomic E-state index is 5.50. The molecule has 0 aromatic heterocycles. The summed E-state index contributed by atoms with van der Waals surface area (Å²) in [4.78, 5) is 0. The van der Waals surface area contributed by atoms with E-state index in [9.17, 15) is 0 Å². The molecule has 24 heavy (non-hydrogen) atoms. The lowest BCUT2D eigenvalue weighted by molar-refractivity contribution is 0.358. The lowest BCUT2D eigenvalue weighted by Gasteiger charge is -2.12. The van der Waals surface area contributed by atoms with E-state index >= 15 is 0 Å². The lowest BCUT2D eigenvalue weighted by atomic mass is 10.1. The molecule has 3 rings (SSSR count). The monoisotopic (exact) mass is 320 g/mol. The fourth-order valence-corrected chi connectivity index (χ4v) is 2.87. The highest BCUT2D eigenvalue weighted by molar-refractivity contribution is 5.98. The van der Waals surface area contributed by atoms with Crippen LogP contribution in [0.5, 0.6) is 11.5 Å². The zero-order chi connectivity index (χ0) is 17.1. The smallest absolute Gasteiger partial charge is 0.168 e. The Morgan fingerprint density at radius 3 is 2.04 bits per heavy atom. The molecule has 0 aliphatic heterocycles. The van der Waals surface area contributed by atoms with Crippen molar-refractivity contribution in [3.05, 3.63) is 59.7 Å². The number of aryl methyl sites for hydroxylation is 2. The van der Waals surface area contributed by atoms with E-state index in [1.165, 1.54) is 11.1 Å². The summed E-state index contributed by atoms with van der Waals surface area (Å²) in [5.74, 6) is 1.35. The van der Waals surface area contributed by atoms with Gasteiger partial charge in [0, 0.05) is 16.8 Å². The van der Waals surface area contributed by atoms with Gasteiger partial charge in [-0.25, -0.2) is 0 Å². The minimum absolute atomic E-state index is 0.644. The molecular formula is C20H20N2O2. The maximum atomic E-state index is 5.50. The Balaban J connectivity index is 2.13. The van der Waals surface area contributed by atoms with Crippen LogP contribution in [0.3, 0.4) is 0 Å². The van der Waals surface area contributed by atoms with Gasteiger partial charge in [-0.05, 0) is 37.1 Å². The van der Waals surface area contributed by atoms with E-state index in [1.54, 1.807) is 14.2 Å². The van der Waals surface area contributed by atoms with Gasteiger partial charge in [0.05, 0.1) is 25.6 Å². The van der Waals surface area contributed by atoms with E-state index in [4.69, 9.17) is 9.47 Å². The zero-order valence-corrected chi connectivity index (χ0v) is 14.3. The quantitative estimate of drug-likeness (QED) is 0.563. The van der Waals surface area contributed by atoms with Crippen molar-refractivity contribution in [3.8, 4) is 11.5 Å². The van der Waals surface area contributed by atoms with Crippen molar-refractivity contribution in [1.29, 1.82) is 0 Å². The number of fused-ring (bicyclic) bond motifs is 1. The van der Waals surface area contributed by atoms with Crippen LogP contribution in [-0.2, 0) is 0 Å². The molecule has 0 fully saturated rings. The van der Waals surface area contributed by atoms with Crippen molar-refractivity contribution >= 4 is 22.1 Å². The molecule has 0 saturated heterocycles. The van der Waals surface area contributed by atoms with Crippen LogP contribution >= 0.6 is 0 Å². The second-order valence-electron chi connectivity index (χ2n) is 5.72. The molecule has 0 bridgehead atoms. The molecule has 122 valence electrons. The van der Waals surface area contributed by atoms with E-state index in [-0.39, 0.29) is 0 Å². The number of ether oxygens (including phenoxy) is 2. The molecule has 4 nitrogen and oxygen atoms in total. The summed E-state index contributed by atoms with van der Waals surface area (Å²) in [6.07, 6.45) is 0. The number of hydrogen-bond acceptors (Lipinski definition) is 4. The van der Waals surface area contributed by atoms with Crippen molar-refractivity contribution in [3.63, 3.8) is 0 Å². The molecule has 0 radical (unpaired) electrons. The first-order valence-electron chi connectivity index (χ1n) is 7.76. The third kappa shape index (κ3) is 3.08. The van der Waals surface area contributed by atoms with Gasteiger partial charge in [-0.1, -0.05) is 30.3 Å². The molecule has 0 spiro atoms. The Labute approximate surface area is 141 Å². The fourth-order valence-electron chi connectivity index (χ4n) is 2.87. The number of rotatable bonds is 4. The number of benzene rings is 3. The molecule has 0 aliphatic rings. The van der Waals surface area contributed by atoms with E-state index in [0.29, 0.717) is 11.5 Å². The predicted octanol–water partition coefficient (Wildman–Crippen LogP) is 5.89. The first-order valence-corrected chi connectivity index (χ1v) is 7.76. The predicted molar refractivity (Wildman–Crippen MR) is 97.1 cm³/mol. The minimum atomic E-state index is 0.644. The van der Waals surface area contributed by atoms with Crippen molar-refractivity contribution in [1.82, 2.24) is 0 Å². The van der Waals surface area contributed by atoms with Gasteiger partial charge in [-0.3, -0.25) is 0 Å². The highest BCUT2D eigenvalue weighted by Gasteiger charge is 2.13. The van der Waals surface area contributed by atoms with Crippen LogP contribution in [0, 0.1) is 13.8 Å². The first kappa shape index (κ1) is 16.0. The number of methoxy groups -OCH3 is 2. The number of nitrogens with zero attached hydrogens (tertiary/aromatic N) is 2. The average Bonchev–Trinajstić information content (AvgIpc) is 2.58. The van der Waals surface area contributed by atoms with Crippen LogP contribution in [0.15, 0.2) is 58.8 Å². The van der Waals surface area contributed by atoms with Gasteiger partial charge in [0.2, 0.25) is 0 Å². The van der Waals surface area contributed by atoms with Crippen molar-refractivity contribution in [2.75, 3.05) is 14.2 Å². The van der Waals surface area contributed by atoms with Crippen molar-refractivity contribution < 1.29 is 9.47 Å². The molecular weight excluding hydrogens is 300 g/mol. The molecule has 0 unspecified atom stereocenters. The molecule has 4 heteroatoms. The van der Waals surface area contributed by atoms with E-state index in [0.717, 1.165) is 22.1 Å². The molecule has 0 aliphatic carbocycles. The van der Waals surface area contributed by atoms with E-state index in [2.05, 4.69) is 30.1 Å². The third-order valence-electron chi connectivity index (χ3n) is 3.84. The van der Waals surface area contributed by atoms with Crippen LogP contribution in [0.2, 0.25) is 0 Å². The summed E-state index contributed by atoms with van der Waals surface area (Å²) in [7, 11) is 3.26. The van der Waals surface area contributed by atoms with Crippen LogP contribution in [0.25, 0.3) is 10.8 Å². The van der Waals surface area contributed by atoms with Gasteiger partial charge in [-0.15, -0.1) is 5.11 Å². The summed E-state index contributed by atoms with van der Waals surface area (Å²) in [5.41, 5.74) is 3.93. The molecule has 0 N–H and O–H groups in total. The summed E-state index contributed by atoms with van der Waals surface area (Å²) in [6.45, 7) is 4.11. The number of azo groups is 1. The van der Waals surface area contributed by atoms with Crippen molar-refractivity contribution in [2.24, 2.45) is 10.2 Å². The zero-order valence-electron chi connectivity index (χ0n) is 14.3. The molecule has 3 aromatic carbocycles. The molecule has 0 saturated carbocycles. The maximum Gasteiger partial charge on any atom is 0.168 e. The Morgan fingerprint density at radius 2 is 1.42 bits per heavy atom. The van der Waals surface area contributed by atoms with Crippen LogP contribution in [-0.4, -0.2) is 14.2 Å². The molecule has 0 atom stereocenters. The van der Waals surface area contributed by atoms with Gasteiger partial charge < -0.3 is 9.47 Å². The SMILES string of the molecule is COc1cc(N=Nc2cc(C)cc(C)c2)c2ccccc2c1OC. The molecule has 0 heterocycles. The topological polar surface area (TPSA) is 43.2 Å². The normalized spacial score (nSPS) is 11.2.